The summed E-state index contributed by atoms with van der Waals surface area (Å²) in [7, 11) is 0. The molecule has 1 saturated heterocycles. The lowest BCUT2D eigenvalue weighted by Crippen LogP contribution is -2.22. The summed E-state index contributed by atoms with van der Waals surface area (Å²) >= 11 is 0. The van der Waals surface area contributed by atoms with Gasteiger partial charge in [-0.05, 0) is 26.2 Å². The van der Waals surface area contributed by atoms with Gasteiger partial charge in [0.2, 0.25) is 17.8 Å². The monoisotopic (exact) mass is 397 g/mol. The van der Waals surface area contributed by atoms with E-state index >= 15 is 0 Å². The summed E-state index contributed by atoms with van der Waals surface area (Å²) in [6.45, 7) is 9.01. The normalized spacial score (nSPS) is 17.5. The standard InChI is InChI=1S/C18H35N7O3/c1-3-14(2)22-18-24-16(20-7-10-27-12-11-26-9-6-19)23-17(25-18)21-13-15-5-4-8-28-15/h14-15H,3-13,19H2,1-2H3,(H3,20,21,22,23,24,25). The molecule has 5 N–H and O–H groups in total. The van der Waals surface area contributed by atoms with Crippen molar-refractivity contribution in [3.05, 3.63) is 0 Å². The molecule has 2 atom stereocenters. The smallest absolute Gasteiger partial charge is 0.229 e. The SMILES string of the molecule is CCC(C)Nc1nc(NCCOCCOCCN)nc(NCC2CCCO2)n1. The number of anilines is 3. The summed E-state index contributed by atoms with van der Waals surface area (Å²) in [6, 6.07) is 0.276. The Morgan fingerprint density at radius 2 is 1.79 bits per heavy atom. The largest absolute Gasteiger partial charge is 0.378 e. The summed E-state index contributed by atoms with van der Waals surface area (Å²) in [5.74, 6) is 1.60. The summed E-state index contributed by atoms with van der Waals surface area (Å²) in [5, 5.41) is 9.75. The molecule has 1 aromatic rings. The maximum absolute atomic E-state index is 5.65. The second-order valence-electron chi connectivity index (χ2n) is 6.72. The zero-order valence-electron chi connectivity index (χ0n) is 17.1. The van der Waals surface area contributed by atoms with Gasteiger partial charge in [-0.1, -0.05) is 6.92 Å². The molecule has 1 aliphatic rings. The minimum atomic E-state index is 0.217. The van der Waals surface area contributed by atoms with Crippen molar-refractivity contribution in [2.45, 2.75) is 45.3 Å². The minimum Gasteiger partial charge on any atom is -0.378 e. The van der Waals surface area contributed by atoms with Crippen LogP contribution in [0.1, 0.15) is 33.1 Å². The third-order valence-corrected chi connectivity index (χ3v) is 4.30. The topological polar surface area (TPSA) is 128 Å². The van der Waals surface area contributed by atoms with Crippen molar-refractivity contribution >= 4 is 17.8 Å². The number of ether oxygens (including phenoxy) is 3. The first-order valence-electron chi connectivity index (χ1n) is 10.2. The number of hydrogen-bond acceptors (Lipinski definition) is 10. The van der Waals surface area contributed by atoms with Gasteiger partial charge >= 0.3 is 0 Å². The summed E-state index contributed by atoms with van der Waals surface area (Å²) in [4.78, 5) is 13.4. The molecule has 10 heteroatoms. The molecule has 0 aromatic carbocycles. The summed E-state index contributed by atoms with van der Waals surface area (Å²) < 4.78 is 16.4. The number of rotatable bonds is 15. The number of nitrogens with one attached hydrogen (secondary N) is 3. The maximum atomic E-state index is 5.65. The van der Waals surface area contributed by atoms with Gasteiger partial charge < -0.3 is 35.9 Å². The van der Waals surface area contributed by atoms with Crippen molar-refractivity contribution < 1.29 is 14.2 Å². The van der Waals surface area contributed by atoms with Crippen LogP contribution in [-0.2, 0) is 14.2 Å². The van der Waals surface area contributed by atoms with Gasteiger partial charge in [0.15, 0.2) is 0 Å². The van der Waals surface area contributed by atoms with Crippen LogP contribution in [0.25, 0.3) is 0 Å². The maximum Gasteiger partial charge on any atom is 0.229 e. The van der Waals surface area contributed by atoms with Crippen LogP contribution in [0.2, 0.25) is 0 Å². The van der Waals surface area contributed by atoms with Crippen LogP contribution in [-0.4, -0.2) is 79.8 Å². The van der Waals surface area contributed by atoms with E-state index in [1.165, 1.54) is 0 Å². The number of nitrogens with two attached hydrogens (primary N) is 1. The molecular weight excluding hydrogens is 362 g/mol. The van der Waals surface area contributed by atoms with E-state index in [-0.39, 0.29) is 12.1 Å². The number of hydrogen-bond donors (Lipinski definition) is 4. The van der Waals surface area contributed by atoms with Crippen molar-refractivity contribution in [1.82, 2.24) is 15.0 Å². The second kappa shape index (κ2) is 13.4. The van der Waals surface area contributed by atoms with Crippen molar-refractivity contribution in [3.63, 3.8) is 0 Å². The van der Waals surface area contributed by atoms with Crippen molar-refractivity contribution in [1.29, 1.82) is 0 Å². The third kappa shape index (κ3) is 8.96. The van der Waals surface area contributed by atoms with E-state index in [1.807, 2.05) is 0 Å². The molecular formula is C18H35N7O3. The second-order valence-corrected chi connectivity index (χ2v) is 6.72. The van der Waals surface area contributed by atoms with Crippen molar-refractivity contribution in [2.75, 3.05) is 68.6 Å². The number of nitrogens with zero attached hydrogens (tertiary/aromatic N) is 3. The van der Waals surface area contributed by atoms with E-state index in [1.54, 1.807) is 0 Å². The van der Waals surface area contributed by atoms with Gasteiger partial charge in [0.25, 0.3) is 0 Å². The minimum absolute atomic E-state index is 0.217. The predicted molar refractivity (Wildman–Crippen MR) is 110 cm³/mol. The first kappa shape index (κ1) is 22.5. The van der Waals surface area contributed by atoms with Gasteiger partial charge in [0.1, 0.15) is 0 Å². The van der Waals surface area contributed by atoms with E-state index in [0.29, 0.717) is 63.9 Å². The van der Waals surface area contributed by atoms with Crippen molar-refractivity contribution in [3.8, 4) is 0 Å². The van der Waals surface area contributed by atoms with Gasteiger partial charge in [0, 0.05) is 32.3 Å². The molecule has 2 heterocycles. The quantitative estimate of drug-likeness (QED) is 0.319. The average Bonchev–Trinajstić information content (AvgIpc) is 3.22. The summed E-state index contributed by atoms with van der Waals surface area (Å²) in [5.41, 5.74) is 5.36. The third-order valence-electron chi connectivity index (χ3n) is 4.30. The van der Waals surface area contributed by atoms with Crippen LogP contribution in [0.15, 0.2) is 0 Å². The highest BCUT2D eigenvalue weighted by Gasteiger charge is 2.16. The van der Waals surface area contributed by atoms with E-state index in [9.17, 15) is 0 Å². The fourth-order valence-corrected chi connectivity index (χ4v) is 2.57. The summed E-state index contributed by atoms with van der Waals surface area (Å²) in [6.07, 6.45) is 3.36. The molecule has 1 aromatic heterocycles. The fraction of sp³-hybridized carbons (Fsp3) is 0.833. The molecule has 28 heavy (non-hydrogen) atoms. The molecule has 0 aliphatic carbocycles. The number of aromatic nitrogens is 3. The average molecular weight is 398 g/mol. The van der Waals surface area contributed by atoms with Crippen LogP contribution in [0.5, 0.6) is 0 Å². The Labute approximate surface area is 167 Å². The Bertz CT molecular complexity index is 544. The predicted octanol–water partition coefficient (Wildman–Crippen LogP) is 1.08. The molecule has 1 fully saturated rings. The van der Waals surface area contributed by atoms with E-state index in [4.69, 9.17) is 19.9 Å². The highest BCUT2D eigenvalue weighted by Crippen LogP contribution is 2.14. The fourth-order valence-electron chi connectivity index (χ4n) is 2.57. The zero-order valence-corrected chi connectivity index (χ0v) is 17.1. The lowest BCUT2D eigenvalue weighted by molar-refractivity contribution is 0.0547. The van der Waals surface area contributed by atoms with Gasteiger partial charge in [-0.25, -0.2) is 0 Å². The van der Waals surface area contributed by atoms with Gasteiger partial charge in [-0.3, -0.25) is 0 Å². The Morgan fingerprint density at radius 1 is 1.07 bits per heavy atom. The lowest BCUT2D eigenvalue weighted by atomic mass is 10.2. The van der Waals surface area contributed by atoms with E-state index in [0.717, 1.165) is 25.9 Å². The Hall–Kier alpha value is -1.75. The van der Waals surface area contributed by atoms with Crippen LogP contribution in [0.4, 0.5) is 17.8 Å². The van der Waals surface area contributed by atoms with Gasteiger partial charge in [-0.15, -0.1) is 0 Å². The molecule has 160 valence electrons. The van der Waals surface area contributed by atoms with E-state index in [2.05, 4.69) is 44.7 Å². The van der Waals surface area contributed by atoms with Crippen molar-refractivity contribution in [2.24, 2.45) is 5.73 Å². The molecule has 1 aliphatic heterocycles. The molecule has 0 amide bonds. The molecule has 0 bridgehead atoms. The lowest BCUT2D eigenvalue weighted by Gasteiger charge is -2.15. The van der Waals surface area contributed by atoms with Crippen LogP contribution >= 0.6 is 0 Å². The Kier molecular flexibility index (Phi) is 10.8. The van der Waals surface area contributed by atoms with Crippen LogP contribution in [0, 0.1) is 0 Å². The molecule has 0 saturated carbocycles. The first-order chi connectivity index (χ1) is 13.7. The van der Waals surface area contributed by atoms with Gasteiger partial charge in [-0.2, -0.15) is 15.0 Å². The van der Waals surface area contributed by atoms with E-state index < -0.39 is 0 Å². The highest BCUT2D eigenvalue weighted by atomic mass is 16.5. The molecule has 2 rings (SSSR count). The zero-order chi connectivity index (χ0) is 20.0. The molecule has 0 radical (unpaired) electrons. The Morgan fingerprint density at radius 3 is 2.46 bits per heavy atom. The highest BCUT2D eigenvalue weighted by molar-refractivity contribution is 5.42. The first-order valence-corrected chi connectivity index (χ1v) is 10.2. The van der Waals surface area contributed by atoms with Crippen LogP contribution < -0.4 is 21.7 Å². The molecule has 2 unspecified atom stereocenters. The van der Waals surface area contributed by atoms with Crippen LogP contribution in [0.3, 0.4) is 0 Å². The molecule has 10 nitrogen and oxygen atoms in total. The van der Waals surface area contributed by atoms with Gasteiger partial charge in [0.05, 0.1) is 32.5 Å². The molecule has 0 spiro atoms. The Balaban J connectivity index is 1.82.